The van der Waals surface area contributed by atoms with Crippen molar-refractivity contribution in [2.45, 2.75) is 43.7 Å². The standard InChI is InChI=1S/C15H22N2O2/c16-15(9-5-2-6-10-15)14(19)17-13(11-18)12-7-3-1-4-8-12/h1,3-4,7-8,13,18H,2,5-6,9-11,16H2,(H,17,19)/t13-/m1/s1. The number of aliphatic hydroxyl groups excluding tert-OH is 1. The molecule has 104 valence electrons. The molecule has 0 radical (unpaired) electrons. The van der Waals surface area contributed by atoms with E-state index in [4.69, 9.17) is 5.73 Å². The molecule has 1 fully saturated rings. The first kappa shape index (κ1) is 14.0. The molecule has 4 nitrogen and oxygen atoms in total. The van der Waals surface area contributed by atoms with Crippen LogP contribution in [0.2, 0.25) is 0 Å². The van der Waals surface area contributed by atoms with Crippen molar-refractivity contribution in [1.29, 1.82) is 0 Å². The van der Waals surface area contributed by atoms with E-state index in [0.29, 0.717) is 0 Å². The summed E-state index contributed by atoms with van der Waals surface area (Å²) >= 11 is 0. The van der Waals surface area contributed by atoms with E-state index >= 15 is 0 Å². The number of rotatable bonds is 4. The van der Waals surface area contributed by atoms with Gasteiger partial charge < -0.3 is 16.2 Å². The van der Waals surface area contributed by atoms with Crippen molar-refractivity contribution in [2.75, 3.05) is 6.61 Å². The number of benzene rings is 1. The smallest absolute Gasteiger partial charge is 0.240 e. The summed E-state index contributed by atoms with van der Waals surface area (Å²) in [6.45, 7) is -0.119. The normalized spacial score (nSPS) is 19.7. The average molecular weight is 262 g/mol. The minimum absolute atomic E-state index is 0.119. The molecule has 0 saturated heterocycles. The van der Waals surface area contributed by atoms with Crippen LogP contribution in [0.25, 0.3) is 0 Å². The highest BCUT2D eigenvalue weighted by atomic mass is 16.3. The van der Waals surface area contributed by atoms with Crippen molar-refractivity contribution < 1.29 is 9.90 Å². The molecule has 19 heavy (non-hydrogen) atoms. The summed E-state index contributed by atoms with van der Waals surface area (Å²) in [6, 6.07) is 9.10. The Morgan fingerprint density at radius 1 is 1.26 bits per heavy atom. The molecule has 1 aliphatic carbocycles. The Morgan fingerprint density at radius 3 is 2.47 bits per heavy atom. The molecule has 1 amide bonds. The van der Waals surface area contributed by atoms with Gasteiger partial charge in [0, 0.05) is 0 Å². The molecule has 0 aliphatic heterocycles. The van der Waals surface area contributed by atoms with Crippen LogP contribution < -0.4 is 11.1 Å². The van der Waals surface area contributed by atoms with Crippen molar-refractivity contribution in [3.63, 3.8) is 0 Å². The topological polar surface area (TPSA) is 75.4 Å². The van der Waals surface area contributed by atoms with E-state index in [9.17, 15) is 9.90 Å². The Balaban J connectivity index is 2.04. The maximum Gasteiger partial charge on any atom is 0.240 e. The number of amides is 1. The number of nitrogens with two attached hydrogens (primary N) is 1. The number of hydrogen-bond acceptors (Lipinski definition) is 3. The summed E-state index contributed by atoms with van der Waals surface area (Å²) in [6.07, 6.45) is 4.60. The third-order valence-electron chi connectivity index (χ3n) is 3.89. The Bertz CT molecular complexity index is 413. The maximum atomic E-state index is 12.3. The summed E-state index contributed by atoms with van der Waals surface area (Å²) in [5.74, 6) is -0.143. The van der Waals surface area contributed by atoms with Crippen molar-refractivity contribution in [1.82, 2.24) is 5.32 Å². The van der Waals surface area contributed by atoms with E-state index < -0.39 is 5.54 Å². The van der Waals surface area contributed by atoms with Crippen LogP contribution in [0.4, 0.5) is 0 Å². The number of carbonyl (C=O) groups is 1. The summed E-state index contributed by atoms with van der Waals surface area (Å²) in [5, 5.41) is 12.3. The second-order valence-corrected chi connectivity index (χ2v) is 5.34. The van der Waals surface area contributed by atoms with Crippen LogP contribution in [-0.4, -0.2) is 23.2 Å². The van der Waals surface area contributed by atoms with Gasteiger partial charge in [-0.2, -0.15) is 0 Å². The van der Waals surface area contributed by atoms with Crippen molar-refractivity contribution >= 4 is 5.91 Å². The Labute approximate surface area is 114 Å². The number of nitrogens with one attached hydrogen (secondary N) is 1. The van der Waals surface area contributed by atoms with E-state index in [1.165, 1.54) is 0 Å². The molecule has 4 N–H and O–H groups in total. The van der Waals surface area contributed by atoms with Crippen molar-refractivity contribution in [3.05, 3.63) is 35.9 Å². The first-order valence-electron chi connectivity index (χ1n) is 6.91. The van der Waals surface area contributed by atoms with Gasteiger partial charge in [-0.3, -0.25) is 4.79 Å². The van der Waals surface area contributed by atoms with Crippen LogP contribution in [0.15, 0.2) is 30.3 Å². The first-order valence-corrected chi connectivity index (χ1v) is 6.91. The monoisotopic (exact) mass is 262 g/mol. The SMILES string of the molecule is NC1(C(=O)N[C@H](CO)c2ccccc2)CCCCC1. The zero-order chi connectivity index (χ0) is 13.7. The van der Waals surface area contributed by atoms with Crippen LogP contribution >= 0.6 is 0 Å². The number of aliphatic hydroxyl groups is 1. The summed E-state index contributed by atoms with van der Waals surface area (Å²) < 4.78 is 0. The van der Waals surface area contributed by atoms with E-state index in [0.717, 1.165) is 37.7 Å². The molecule has 0 unspecified atom stereocenters. The highest BCUT2D eigenvalue weighted by Gasteiger charge is 2.36. The van der Waals surface area contributed by atoms with Gasteiger partial charge in [0.05, 0.1) is 18.2 Å². The second-order valence-electron chi connectivity index (χ2n) is 5.34. The van der Waals surface area contributed by atoms with Gasteiger partial charge in [0.2, 0.25) is 5.91 Å². The van der Waals surface area contributed by atoms with Crippen LogP contribution in [-0.2, 0) is 4.79 Å². The molecule has 1 saturated carbocycles. The first-order chi connectivity index (χ1) is 9.15. The van der Waals surface area contributed by atoms with Crippen LogP contribution in [0.3, 0.4) is 0 Å². The predicted molar refractivity (Wildman–Crippen MR) is 74.4 cm³/mol. The van der Waals surface area contributed by atoms with Gasteiger partial charge in [-0.1, -0.05) is 49.6 Å². The summed E-state index contributed by atoms with van der Waals surface area (Å²) in [4.78, 5) is 12.3. The highest BCUT2D eigenvalue weighted by molar-refractivity contribution is 5.86. The molecule has 1 aliphatic rings. The molecule has 0 aromatic heterocycles. The quantitative estimate of drug-likeness (QED) is 0.769. The number of hydrogen-bond donors (Lipinski definition) is 3. The van der Waals surface area contributed by atoms with Gasteiger partial charge in [-0.15, -0.1) is 0 Å². The van der Waals surface area contributed by atoms with Gasteiger partial charge in [-0.05, 0) is 18.4 Å². The zero-order valence-corrected chi connectivity index (χ0v) is 11.1. The van der Waals surface area contributed by atoms with E-state index in [-0.39, 0.29) is 18.6 Å². The lowest BCUT2D eigenvalue weighted by atomic mass is 9.81. The fourth-order valence-corrected chi connectivity index (χ4v) is 2.63. The van der Waals surface area contributed by atoms with Crippen molar-refractivity contribution in [3.8, 4) is 0 Å². The molecular formula is C15H22N2O2. The molecule has 2 rings (SSSR count). The van der Waals surface area contributed by atoms with Gasteiger partial charge >= 0.3 is 0 Å². The second kappa shape index (κ2) is 6.17. The molecule has 0 bridgehead atoms. The Hall–Kier alpha value is -1.39. The van der Waals surface area contributed by atoms with Gasteiger partial charge in [0.25, 0.3) is 0 Å². The molecule has 1 aromatic rings. The lowest BCUT2D eigenvalue weighted by molar-refractivity contribution is -0.128. The minimum atomic E-state index is -0.763. The summed E-state index contributed by atoms with van der Waals surface area (Å²) in [5.41, 5.74) is 6.33. The lowest BCUT2D eigenvalue weighted by Gasteiger charge is -2.33. The van der Waals surface area contributed by atoms with Crippen LogP contribution in [0.5, 0.6) is 0 Å². The predicted octanol–water partition coefficient (Wildman–Crippen LogP) is 1.50. The van der Waals surface area contributed by atoms with E-state index in [1.807, 2.05) is 30.3 Å². The van der Waals surface area contributed by atoms with Gasteiger partial charge in [0.15, 0.2) is 0 Å². The van der Waals surface area contributed by atoms with Crippen LogP contribution in [0, 0.1) is 0 Å². The maximum absolute atomic E-state index is 12.3. The van der Waals surface area contributed by atoms with Gasteiger partial charge in [-0.25, -0.2) is 0 Å². The molecule has 1 aromatic carbocycles. The third-order valence-corrected chi connectivity index (χ3v) is 3.89. The molecule has 0 spiro atoms. The fraction of sp³-hybridized carbons (Fsp3) is 0.533. The largest absolute Gasteiger partial charge is 0.394 e. The lowest BCUT2D eigenvalue weighted by Crippen LogP contribution is -2.55. The van der Waals surface area contributed by atoms with Crippen molar-refractivity contribution in [2.24, 2.45) is 5.73 Å². The highest BCUT2D eigenvalue weighted by Crippen LogP contribution is 2.27. The Morgan fingerprint density at radius 2 is 1.89 bits per heavy atom. The fourth-order valence-electron chi connectivity index (χ4n) is 2.63. The third kappa shape index (κ3) is 3.33. The molecule has 4 heteroatoms. The van der Waals surface area contributed by atoms with Crippen LogP contribution in [0.1, 0.15) is 43.7 Å². The number of carbonyl (C=O) groups excluding carboxylic acids is 1. The molecule has 0 heterocycles. The van der Waals surface area contributed by atoms with E-state index in [2.05, 4.69) is 5.32 Å². The molecule has 1 atom stereocenters. The molecular weight excluding hydrogens is 240 g/mol. The zero-order valence-electron chi connectivity index (χ0n) is 11.1. The Kier molecular flexibility index (Phi) is 4.56. The van der Waals surface area contributed by atoms with E-state index in [1.54, 1.807) is 0 Å². The minimum Gasteiger partial charge on any atom is -0.394 e. The van der Waals surface area contributed by atoms with Gasteiger partial charge in [0.1, 0.15) is 0 Å². The average Bonchev–Trinajstić information content (AvgIpc) is 2.46. The summed E-state index contributed by atoms with van der Waals surface area (Å²) in [7, 11) is 0.